The lowest BCUT2D eigenvalue weighted by molar-refractivity contribution is 0.477. The zero-order valence-corrected chi connectivity index (χ0v) is 10.3. The Kier molecular flexibility index (Phi) is 2.94. The predicted molar refractivity (Wildman–Crippen MR) is 68.6 cm³/mol. The van der Waals surface area contributed by atoms with Crippen LogP contribution in [0.5, 0.6) is 0 Å². The first-order valence-corrected chi connectivity index (χ1v) is 6.18. The van der Waals surface area contributed by atoms with Gasteiger partial charge >= 0.3 is 0 Å². The van der Waals surface area contributed by atoms with Crippen molar-refractivity contribution in [2.24, 2.45) is 0 Å². The minimum absolute atomic E-state index is 0.189. The van der Waals surface area contributed by atoms with Crippen molar-refractivity contribution < 1.29 is 4.42 Å². The summed E-state index contributed by atoms with van der Waals surface area (Å²) < 4.78 is 6.96. The number of hydrogen-bond donors (Lipinski definition) is 1. The van der Waals surface area contributed by atoms with Crippen LogP contribution in [0.3, 0.4) is 0 Å². The van der Waals surface area contributed by atoms with Crippen LogP contribution < -0.4 is 10.9 Å². The number of aromatic nitrogens is 1. The van der Waals surface area contributed by atoms with E-state index in [1.54, 1.807) is 23.0 Å². The van der Waals surface area contributed by atoms with Crippen molar-refractivity contribution in [1.82, 2.24) is 9.88 Å². The molecule has 1 aliphatic heterocycles. The van der Waals surface area contributed by atoms with Crippen molar-refractivity contribution in [3.8, 4) is 6.07 Å². The second kappa shape index (κ2) is 4.75. The third-order valence-electron chi connectivity index (χ3n) is 3.36. The van der Waals surface area contributed by atoms with Crippen LogP contribution in [0.15, 0.2) is 33.7 Å². The van der Waals surface area contributed by atoms with Gasteiger partial charge in [-0.2, -0.15) is 5.26 Å². The highest BCUT2D eigenvalue weighted by atomic mass is 16.3. The number of pyridine rings is 1. The molecule has 0 unspecified atom stereocenters. The fraction of sp³-hybridized carbons (Fsp3) is 0.286. The molecule has 5 nitrogen and oxygen atoms in total. The summed E-state index contributed by atoms with van der Waals surface area (Å²) in [5.74, 6) is 0.720. The largest absolute Gasteiger partial charge is 0.467 e. The Morgan fingerprint density at radius 2 is 2.42 bits per heavy atom. The molecule has 1 aliphatic rings. The third-order valence-corrected chi connectivity index (χ3v) is 3.36. The molecule has 96 valence electrons. The monoisotopic (exact) mass is 255 g/mol. The van der Waals surface area contributed by atoms with Crippen molar-refractivity contribution in [2.75, 3.05) is 6.54 Å². The summed E-state index contributed by atoms with van der Waals surface area (Å²) in [6.45, 7) is 1.92. The lowest BCUT2D eigenvalue weighted by atomic mass is 10.0. The number of hydrogen-bond acceptors (Lipinski definition) is 4. The van der Waals surface area contributed by atoms with E-state index in [1.165, 1.54) is 0 Å². The van der Waals surface area contributed by atoms with Gasteiger partial charge in [0.15, 0.2) is 0 Å². The lowest BCUT2D eigenvalue weighted by Gasteiger charge is -2.21. The quantitative estimate of drug-likeness (QED) is 0.869. The molecule has 0 saturated heterocycles. The van der Waals surface area contributed by atoms with Crippen LogP contribution in [0.4, 0.5) is 0 Å². The van der Waals surface area contributed by atoms with Crippen molar-refractivity contribution in [3.63, 3.8) is 0 Å². The van der Waals surface area contributed by atoms with Gasteiger partial charge < -0.3 is 14.3 Å². The lowest BCUT2D eigenvalue weighted by Crippen LogP contribution is -2.34. The van der Waals surface area contributed by atoms with Crippen LogP contribution in [-0.2, 0) is 19.5 Å². The molecular formula is C14H13N3O2. The highest BCUT2D eigenvalue weighted by molar-refractivity contribution is 5.35. The molecule has 2 aromatic heterocycles. The summed E-state index contributed by atoms with van der Waals surface area (Å²) in [6.07, 6.45) is 2.37. The summed E-state index contributed by atoms with van der Waals surface area (Å²) >= 11 is 0. The maximum Gasteiger partial charge on any atom is 0.269 e. The topological polar surface area (TPSA) is 71.0 Å². The van der Waals surface area contributed by atoms with E-state index in [0.717, 1.165) is 30.0 Å². The van der Waals surface area contributed by atoms with E-state index in [0.29, 0.717) is 13.1 Å². The molecule has 0 amide bonds. The van der Waals surface area contributed by atoms with E-state index in [1.807, 2.05) is 12.1 Å². The van der Waals surface area contributed by atoms with Crippen LogP contribution >= 0.6 is 0 Å². The standard InChI is InChI=1S/C14H13N3O2/c15-7-10-6-11-8-16-4-3-13(11)17(14(10)18)9-12-2-1-5-19-12/h1-2,5-6,16H,3-4,8-9H2. The van der Waals surface area contributed by atoms with Crippen LogP contribution in [-0.4, -0.2) is 11.1 Å². The fourth-order valence-electron chi connectivity index (χ4n) is 2.44. The average molecular weight is 255 g/mol. The molecule has 19 heavy (non-hydrogen) atoms. The molecule has 0 saturated carbocycles. The number of rotatable bonds is 2. The minimum Gasteiger partial charge on any atom is -0.467 e. The fourth-order valence-corrected chi connectivity index (χ4v) is 2.44. The number of fused-ring (bicyclic) bond motifs is 1. The molecule has 0 spiro atoms. The predicted octanol–water partition coefficient (Wildman–Crippen LogP) is 1.01. The normalized spacial score (nSPS) is 13.8. The molecule has 0 aromatic carbocycles. The van der Waals surface area contributed by atoms with Gasteiger partial charge in [-0.05, 0) is 23.8 Å². The van der Waals surface area contributed by atoms with Gasteiger partial charge in [0, 0.05) is 25.2 Å². The highest BCUT2D eigenvalue weighted by Crippen LogP contribution is 2.15. The Balaban J connectivity index is 2.15. The molecule has 0 fully saturated rings. The zero-order valence-electron chi connectivity index (χ0n) is 10.3. The molecule has 0 bridgehead atoms. The van der Waals surface area contributed by atoms with E-state index in [4.69, 9.17) is 9.68 Å². The summed E-state index contributed by atoms with van der Waals surface area (Å²) in [6, 6.07) is 7.30. The van der Waals surface area contributed by atoms with Crippen molar-refractivity contribution in [3.05, 3.63) is 57.4 Å². The van der Waals surface area contributed by atoms with Crippen molar-refractivity contribution in [2.45, 2.75) is 19.5 Å². The average Bonchev–Trinajstić information content (AvgIpc) is 2.94. The van der Waals surface area contributed by atoms with Gasteiger partial charge in [-0.3, -0.25) is 4.79 Å². The Morgan fingerprint density at radius 1 is 1.53 bits per heavy atom. The molecule has 3 heterocycles. The van der Waals surface area contributed by atoms with Gasteiger partial charge in [0.05, 0.1) is 12.8 Å². The van der Waals surface area contributed by atoms with Gasteiger partial charge in [0.2, 0.25) is 0 Å². The number of nitrogens with one attached hydrogen (secondary N) is 1. The number of nitriles is 1. The minimum atomic E-state index is -0.237. The summed E-state index contributed by atoms with van der Waals surface area (Å²) in [4.78, 5) is 12.3. The third kappa shape index (κ3) is 2.07. The van der Waals surface area contributed by atoms with Crippen LogP contribution in [0.2, 0.25) is 0 Å². The van der Waals surface area contributed by atoms with Gasteiger partial charge in [-0.1, -0.05) is 0 Å². The Labute approximate surface area is 110 Å². The summed E-state index contributed by atoms with van der Waals surface area (Å²) in [5, 5.41) is 12.3. The Bertz CT molecular complexity index is 693. The SMILES string of the molecule is N#Cc1cc2c(n(Cc3ccco3)c1=O)CCNC2. The summed E-state index contributed by atoms with van der Waals surface area (Å²) in [7, 11) is 0. The molecule has 2 aromatic rings. The molecular weight excluding hydrogens is 242 g/mol. The van der Waals surface area contributed by atoms with Crippen LogP contribution in [0.25, 0.3) is 0 Å². The first-order chi connectivity index (χ1) is 9.29. The molecule has 0 radical (unpaired) electrons. The van der Waals surface area contributed by atoms with E-state index in [9.17, 15) is 4.79 Å². The first-order valence-electron chi connectivity index (χ1n) is 6.18. The maximum atomic E-state index is 12.3. The number of furan rings is 1. The smallest absolute Gasteiger partial charge is 0.269 e. The Hall–Kier alpha value is -2.32. The summed E-state index contributed by atoms with van der Waals surface area (Å²) in [5.41, 5.74) is 1.97. The van der Waals surface area contributed by atoms with Crippen LogP contribution in [0.1, 0.15) is 22.6 Å². The molecule has 3 rings (SSSR count). The van der Waals surface area contributed by atoms with E-state index in [-0.39, 0.29) is 11.1 Å². The van der Waals surface area contributed by atoms with Gasteiger partial charge in [0.25, 0.3) is 5.56 Å². The van der Waals surface area contributed by atoms with Gasteiger partial charge in [-0.15, -0.1) is 0 Å². The molecule has 0 atom stereocenters. The van der Waals surface area contributed by atoms with Gasteiger partial charge in [-0.25, -0.2) is 0 Å². The number of nitrogens with zero attached hydrogens (tertiary/aromatic N) is 2. The van der Waals surface area contributed by atoms with Crippen molar-refractivity contribution in [1.29, 1.82) is 5.26 Å². The van der Waals surface area contributed by atoms with Crippen molar-refractivity contribution >= 4 is 0 Å². The van der Waals surface area contributed by atoms with E-state index < -0.39 is 0 Å². The second-order valence-electron chi connectivity index (χ2n) is 4.54. The Morgan fingerprint density at radius 3 is 3.16 bits per heavy atom. The van der Waals surface area contributed by atoms with E-state index in [2.05, 4.69) is 5.32 Å². The van der Waals surface area contributed by atoms with Crippen LogP contribution in [0, 0.1) is 11.3 Å². The first kappa shape index (κ1) is 11.8. The molecule has 0 aliphatic carbocycles. The van der Waals surface area contributed by atoms with E-state index >= 15 is 0 Å². The van der Waals surface area contributed by atoms with Gasteiger partial charge in [0.1, 0.15) is 17.4 Å². The molecule has 5 heteroatoms. The maximum absolute atomic E-state index is 12.3. The zero-order chi connectivity index (χ0) is 13.2. The molecule has 1 N–H and O–H groups in total. The highest BCUT2D eigenvalue weighted by Gasteiger charge is 2.18. The second-order valence-corrected chi connectivity index (χ2v) is 4.54.